The second-order valence-corrected chi connectivity index (χ2v) is 7.67. The van der Waals surface area contributed by atoms with Crippen LogP contribution in [0.2, 0.25) is 0 Å². The van der Waals surface area contributed by atoms with Gasteiger partial charge in [0.05, 0.1) is 11.0 Å². The Balaban J connectivity index is 1.30. The summed E-state index contributed by atoms with van der Waals surface area (Å²) in [6.07, 6.45) is 5.28. The van der Waals surface area contributed by atoms with Gasteiger partial charge in [0.25, 0.3) is 0 Å². The quantitative estimate of drug-likeness (QED) is 0.744. The van der Waals surface area contributed by atoms with Gasteiger partial charge in [-0.1, -0.05) is 25.0 Å². The van der Waals surface area contributed by atoms with Crippen LogP contribution in [0.1, 0.15) is 37.9 Å². The molecule has 27 heavy (non-hydrogen) atoms. The monoisotopic (exact) mass is 369 g/mol. The van der Waals surface area contributed by atoms with Crippen molar-refractivity contribution in [3.05, 3.63) is 30.1 Å². The molecule has 0 spiro atoms. The third-order valence-corrected chi connectivity index (χ3v) is 6.01. The maximum Gasteiger partial charge on any atom is 0.237 e. The Morgan fingerprint density at radius 2 is 2.11 bits per heavy atom. The van der Waals surface area contributed by atoms with Crippen molar-refractivity contribution in [1.29, 1.82) is 0 Å². The third-order valence-electron chi connectivity index (χ3n) is 6.01. The van der Waals surface area contributed by atoms with E-state index in [2.05, 4.69) is 25.7 Å². The Kier molecular flexibility index (Phi) is 5.11. The molecule has 144 valence electrons. The number of hydrogen-bond donors (Lipinski definition) is 3. The Labute approximate surface area is 158 Å². The van der Waals surface area contributed by atoms with E-state index in [0.29, 0.717) is 19.4 Å². The summed E-state index contributed by atoms with van der Waals surface area (Å²) in [7, 11) is 2.00. The zero-order valence-electron chi connectivity index (χ0n) is 15.7. The first kappa shape index (κ1) is 18.0. The van der Waals surface area contributed by atoms with E-state index in [-0.39, 0.29) is 29.7 Å². The predicted octanol–water partition coefficient (Wildman–Crippen LogP) is 1.43. The molecule has 0 bridgehead atoms. The fraction of sp³-hybridized carbons (Fsp3) is 0.550. The number of hydrogen-bond acceptors (Lipinski definition) is 4. The number of imidazole rings is 1. The molecule has 7 heteroatoms. The predicted molar refractivity (Wildman–Crippen MR) is 103 cm³/mol. The zero-order chi connectivity index (χ0) is 18.8. The molecule has 2 amide bonds. The number of fused-ring (bicyclic) bond motifs is 2. The molecular formula is C20H27N5O2. The van der Waals surface area contributed by atoms with Crippen LogP contribution in [0.4, 0.5) is 0 Å². The van der Waals surface area contributed by atoms with Gasteiger partial charge in [-0.2, -0.15) is 0 Å². The van der Waals surface area contributed by atoms with E-state index in [1.54, 1.807) is 0 Å². The van der Waals surface area contributed by atoms with Gasteiger partial charge < -0.3 is 9.88 Å². The van der Waals surface area contributed by atoms with E-state index in [9.17, 15) is 9.59 Å². The Morgan fingerprint density at radius 3 is 2.96 bits per heavy atom. The van der Waals surface area contributed by atoms with Gasteiger partial charge in [-0.15, -0.1) is 0 Å². The molecular weight excluding hydrogens is 342 g/mol. The molecule has 7 nitrogen and oxygen atoms in total. The molecule has 3 atom stereocenters. The second kappa shape index (κ2) is 7.68. The lowest BCUT2D eigenvalue weighted by Gasteiger charge is -2.40. The summed E-state index contributed by atoms with van der Waals surface area (Å²) in [5.41, 5.74) is 7.90. The van der Waals surface area contributed by atoms with Crippen molar-refractivity contribution >= 4 is 22.8 Å². The summed E-state index contributed by atoms with van der Waals surface area (Å²) in [6, 6.07) is 8.05. The van der Waals surface area contributed by atoms with Crippen molar-refractivity contribution in [1.82, 2.24) is 25.7 Å². The van der Waals surface area contributed by atoms with E-state index in [1.807, 2.05) is 31.3 Å². The zero-order valence-corrected chi connectivity index (χ0v) is 15.7. The molecule has 2 heterocycles. The standard InChI is InChI=1S/C20H27N5O2/c1-25-17-9-5-4-8-15(17)22-18(25)10-11-21-19(26)12-16-13-6-2-3-7-14(13)20(27)24-23-16/h4-5,8-9,13-14,16,23H,2-3,6-7,10-12H2,1H3,(H,21,26)(H,24,27). The first-order valence-corrected chi connectivity index (χ1v) is 9.86. The molecule has 2 fully saturated rings. The summed E-state index contributed by atoms with van der Waals surface area (Å²) in [5, 5.41) is 3.01. The fourth-order valence-electron chi connectivity index (χ4n) is 4.54. The van der Waals surface area contributed by atoms with E-state index in [0.717, 1.165) is 42.5 Å². The summed E-state index contributed by atoms with van der Waals surface area (Å²) in [6.45, 7) is 0.559. The van der Waals surface area contributed by atoms with Crippen molar-refractivity contribution < 1.29 is 9.59 Å². The van der Waals surface area contributed by atoms with Gasteiger partial charge in [0.2, 0.25) is 11.8 Å². The molecule has 4 rings (SSSR count). The van der Waals surface area contributed by atoms with Crippen molar-refractivity contribution in [3.8, 4) is 0 Å². The summed E-state index contributed by atoms with van der Waals surface area (Å²) < 4.78 is 2.08. The van der Waals surface area contributed by atoms with E-state index >= 15 is 0 Å². The third kappa shape index (κ3) is 3.69. The van der Waals surface area contributed by atoms with Gasteiger partial charge in [-0.05, 0) is 30.9 Å². The minimum atomic E-state index is 0.0174. The Hall–Kier alpha value is -2.41. The average molecular weight is 369 g/mol. The number of aromatic nitrogens is 2. The van der Waals surface area contributed by atoms with Gasteiger partial charge in [0.1, 0.15) is 5.82 Å². The summed E-state index contributed by atoms with van der Waals surface area (Å²) >= 11 is 0. The number of carbonyl (C=O) groups excluding carboxylic acids is 2. The number of nitrogens with zero attached hydrogens (tertiary/aromatic N) is 2. The van der Waals surface area contributed by atoms with Crippen molar-refractivity contribution in [3.63, 3.8) is 0 Å². The van der Waals surface area contributed by atoms with Crippen LogP contribution in [-0.4, -0.2) is 34.0 Å². The van der Waals surface area contributed by atoms with Crippen LogP contribution < -0.4 is 16.2 Å². The van der Waals surface area contributed by atoms with Crippen molar-refractivity contribution in [2.45, 2.75) is 44.6 Å². The summed E-state index contributed by atoms with van der Waals surface area (Å²) in [4.78, 5) is 29.1. The normalized spacial score (nSPS) is 25.1. The van der Waals surface area contributed by atoms with Crippen molar-refractivity contribution in [2.75, 3.05) is 6.54 Å². The number of benzene rings is 1. The highest BCUT2D eigenvalue weighted by atomic mass is 16.2. The van der Waals surface area contributed by atoms with Crippen molar-refractivity contribution in [2.24, 2.45) is 18.9 Å². The van der Waals surface area contributed by atoms with Crippen LogP contribution in [0.5, 0.6) is 0 Å². The van der Waals surface area contributed by atoms with Crippen LogP contribution in [-0.2, 0) is 23.1 Å². The number of nitrogens with one attached hydrogen (secondary N) is 3. The van der Waals surface area contributed by atoms with Gasteiger partial charge >= 0.3 is 0 Å². The minimum absolute atomic E-state index is 0.0174. The fourth-order valence-corrected chi connectivity index (χ4v) is 4.54. The molecule has 1 aliphatic heterocycles. The Bertz CT molecular complexity index is 846. The highest BCUT2D eigenvalue weighted by Crippen LogP contribution is 2.35. The van der Waals surface area contributed by atoms with Gasteiger partial charge in [0, 0.05) is 38.4 Å². The lowest BCUT2D eigenvalue weighted by molar-refractivity contribution is -0.135. The van der Waals surface area contributed by atoms with E-state index in [1.165, 1.54) is 0 Å². The van der Waals surface area contributed by atoms with Crippen LogP contribution in [0.3, 0.4) is 0 Å². The summed E-state index contributed by atoms with van der Waals surface area (Å²) in [5.74, 6) is 1.38. The largest absolute Gasteiger partial charge is 0.356 e. The topological polar surface area (TPSA) is 88.0 Å². The van der Waals surface area contributed by atoms with Crippen LogP contribution in [0, 0.1) is 11.8 Å². The molecule has 1 aliphatic carbocycles. The van der Waals surface area contributed by atoms with Gasteiger partial charge in [-0.25, -0.2) is 10.4 Å². The van der Waals surface area contributed by atoms with Crippen LogP contribution >= 0.6 is 0 Å². The molecule has 1 saturated heterocycles. The molecule has 1 saturated carbocycles. The second-order valence-electron chi connectivity index (χ2n) is 7.67. The molecule has 2 aromatic rings. The molecule has 1 aromatic heterocycles. The van der Waals surface area contributed by atoms with E-state index in [4.69, 9.17) is 0 Å². The maximum atomic E-state index is 12.4. The average Bonchev–Trinajstić information content (AvgIpc) is 3.00. The number of hydrazine groups is 1. The molecule has 3 unspecified atom stereocenters. The van der Waals surface area contributed by atoms with Gasteiger partial charge in [-0.3, -0.25) is 15.0 Å². The first-order valence-electron chi connectivity index (χ1n) is 9.86. The minimum Gasteiger partial charge on any atom is -0.356 e. The lowest BCUT2D eigenvalue weighted by Crippen LogP contribution is -2.60. The lowest BCUT2D eigenvalue weighted by atomic mass is 9.73. The number of carbonyl (C=O) groups is 2. The molecule has 3 N–H and O–H groups in total. The van der Waals surface area contributed by atoms with Crippen LogP contribution in [0.25, 0.3) is 11.0 Å². The Morgan fingerprint density at radius 1 is 1.30 bits per heavy atom. The first-order chi connectivity index (χ1) is 13.1. The molecule has 0 radical (unpaired) electrons. The highest BCUT2D eigenvalue weighted by molar-refractivity contribution is 5.81. The number of amides is 2. The smallest absolute Gasteiger partial charge is 0.237 e. The van der Waals surface area contributed by atoms with Gasteiger partial charge in [0.15, 0.2) is 0 Å². The molecule has 2 aliphatic rings. The maximum absolute atomic E-state index is 12.4. The SMILES string of the molecule is Cn1c(CCNC(=O)CC2NNC(=O)C3CCCCC23)nc2ccccc21. The number of rotatable bonds is 5. The highest BCUT2D eigenvalue weighted by Gasteiger charge is 2.40. The van der Waals surface area contributed by atoms with Crippen LogP contribution in [0.15, 0.2) is 24.3 Å². The van der Waals surface area contributed by atoms with E-state index < -0.39 is 0 Å². The molecule has 1 aromatic carbocycles. The number of aryl methyl sites for hydroxylation is 1. The number of para-hydroxylation sites is 2.